The molecule has 17 heavy (non-hydrogen) atoms. The van der Waals surface area contributed by atoms with Crippen LogP contribution in [0.2, 0.25) is 0 Å². The molecule has 1 aliphatic heterocycles. The molecule has 0 unspecified atom stereocenters. The molecule has 1 fully saturated rings. The average Bonchev–Trinajstić information content (AvgIpc) is 2.30. The predicted molar refractivity (Wildman–Crippen MR) is 69.2 cm³/mol. The van der Waals surface area contributed by atoms with Crippen LogP contribution in [-0.2, 0) is 9.59 Å². The van der Waals surface area contributed by atoms with E-state index in [-0.39, 0.29) is 30.8 Å². The van der Waals surface area contributed by atoms with Crippen molar-refractivity contribution in [2.75, 3.05) is 39.8 Å². The molecule has 0 aromatic carbocycles. The van der Waals surface area contributed by atoms with Crippen molar-refractivity contribution < 1.29 is 9.59 Å². The first kappa shape index (κ1) is 16.2. The van der Waals surface area contributed by atoms with Crippen LogP contribution in [0.3, 0.4) is 0 Å². The van der Waals surface area contributed by atoms with E-state index in [1.165, 1.54) is 4.90 Å². The standard InChI is InChI=1S/C11H21N3O2.ClH/c1-3-4-10(15)13(2)9-11(16)14-7-5-12-6-8-14;/h12H,3-9H2,1-2H3;1H. The molecule has 0 aromatic heterocycles. The number of rotatable bonds is 4. The molecule has 0 atom stereocenters. The third kappa shape index (κ3) is 5.37. The average molecular weight is 264 g/mol. The summed E-state index contributed by atoms with van der Waals surface area (Å²) in [7, 11) is 1.69. The van der Waals surface area contributed by atoms with Crippen molar-refractivity contribution in [2.24, 2.45) is 0 Å². The van der Waals surface area contributed by atoms with Crippen molar-refractivity contribution in [3.05, 3.63) is 0 Å². The number of nitrogens with one attached hydrogen (secondary N) is 1. The molecule has 1 N–H and O–H groups in total. The molecule has 0 aliphatic carbocycles. The van der Waals surface area contributed by atoms with E-state index in [0.29, 0.717) is 6.42 Å². The van der Waals surface area contributed by atoms with Gasteiger partial charge < -0.3 is 15.1 Å². The number of hydrogen-bond donors (Lipinski definition) is 1. The second-order valence-electron chi connectivity index (χ2n) is 4.13. The Kier molecular flexibility index (Phi) is 7.91. The van der Waals surface area contributed by atoms with E-state index in [2.05, 4.69) is 5.32 Å². The lowest BCUT2D eigenvalue weighted by Gasteiger charge is -2.29. The van der Waals surface area contributed by atoms with Crippen LogP contribution in [-0.4, -0.2) is 61.4 Å². The highest BCUT2D eigenvalue weighted by atomic mass is 35.5. The molecule has 0 radical (unpaired) electrons. The Hall–Kier alpha value is -0.810. The minimum absolute atomic E-state index is 0. The fourth-order valence-corrected chi connectivity index (χ4v) is 1.71. The zero-order valence-corrected chi connectivity index (χ0v) is 11.4. The number of piperazine rings is 1. The minimum atomic E-state index is 0. The Morgan fingerprint density at radius 1 is 1.29 bits per heavy atom. The van der Waals surface area contributed by atoms with Gasteiger partial charge in [0, 0.05) is 39.6 Å². The Balaban J connectivity index is 0.00000256. The third-order valence-electron chi connectivity index (χ3n) is 2.73. The summed E-state index contributed by atoms with van der Waals surface area (Å²) in [5.74, 6) is 0.0967. The molecular formula is C11H22ClN3O2. The lowest BCUT2D eigenvalue weighted by Crippen LogP contribution is -2.49. The molecule has 100 valence electrons. The molecule has 1 heterocycles. The summed E-state index contributed by atoms with van der Waals surface area (Å²) in [5, 5.41) is 3.19. The molecule has 5 nitrogen and oxygen atoms in total. The van der Waals surface area contributed by atoms with Crippen molar-refractivity contribution in [3.63, 3.8) is 0 Å². The first-order chi connectivity index (χ1) is 7.65. The molecule has 0 aromatic rings. The summed E-state index contributed by atoms with van der Waals surface area (Å²) in [4.78, 5) is 26.7. The van der Waals surface area contributed by atoms with E-state index < -0.39 is 0 Å². The van der Waals surface area contributed by atoms with Gasteiger partial charge in [-0.15, -0.1) is 12.4 Å². The molecule has 0 bridgehead atoms. The van der Waals surface area contributed by atoms with Gasteiger partial charge in [0.15, 0.2) is 0 Å². The number of hydrogen-bond acceptors (Lipinski definition) is 3. The van der Waals surface area contributed by atoms with Crippen LogP contribution >= 0.6 is 12.4 Å². The van der Waals surface area contributed by atoms with E-state index in [1.54, 1.807) is 7.05 Å². The first-order valence-corrected chi connectivity index (χ1v) is 5.87. The van der Waals surface area contributed by atoms with Crippen molar-refractivity contribution >= 4 is 24.2 Å². The highest BCUT2D eigenvalue weighted by Gasteiger charge is 2.19. The summed E-state index contributed by atoms with van der Waals surface area (Å²) in [6.45, 7) is 5.35. The van der Waals surface area contributed by atoms with Crippen LogP contribution < -0.4 is 5.32 Å². The van der Waals surface area contributed by atoms with Gasteiger partial charge in [-0.25, -0.2) is 0 Å². The molecule has 0 spiro atoms. The normalized spacial score (nSPS) is 15.1. The first-order valence-electron chi connectivity index (χ1n) is 5.87. The highest BCUT2D eigenvalue weighted by Crippen LogP contribution is 1.98. The van der Waals surface area contributed by atoms with Crippen molar-refractivity contribution in [1.29, 1.82) is 0 Å². The summed E-state index contributed by atoms with van der Waals surface area (Å²) in [6.07, 6.45) is 1.34. The van der Waals surface area contributed by atoms with Crippen LogP contribution in [0, 0.1) is 0 Å². The van der Waals surface area contributed by atoms with E-state index in [1.807, 2.05) is 11.8 Å². The topological polar surface area (TPSA) is 52.7 Å². The predicted octanol–water partition coefficient (Wildman–Crippen LogP) is 0.0985. The lowest BCUT2D eigenvalue weighted by molar-refractivity contribution is -0.139. The van der Waals surface area contributed by atoms with Gasteiger partial charge in [0.2, 0.25) is 11.8 Å². The van der Waals surface area contributed by atoms with Crippen LogP contribution in [0.25, 0.3) is 0 Å². The third-order valence-corrected chi connectivity index (χ3v) is 2.73. The minimum Gasteiger partial charge on any atom is -0.339 e. The van der Waals surface area contributed by atoms with Crippen LogP contribution in [0.5, 0.6) is 0 Å². The van der Waals surface area contributed by atoms with Gasteiger partial charge in [-0.2, -0.15) is 0 Å². The van der Waals surface area contributed by atoms with Crippen molar-refractivity contribution in [2.45, 2.75) is 19.8 Å². The van der Waals surface area contributed by atoms with E-state index in [9.17, 15) is 9.59 Å². The number of carbonyl (C=O) groups is 2. The number of halogens is 1. The summed E-state index contributed by atoms with van der Waals surface area (Å²) in [6, 6.07) is 0. The number of nitrogens with zero attached hydrogens (tertiary/aromatic N) is 2. The Morgan fingerprint density at radius 3 is 2.41 bits per heavy atom. The zero-order chi connectivity index (χ0) is 12.0. The smallest absolute Gasteiger partial charge is 0.242 e. The molecule has 1 saturated heterocycles. The number of likely N-dealkylation sites (N-methyl/N-ethyl adjacent to an activating group) is 1. The molecule has 0 saturated carbocycles. The SMILES string of the molecule is CCCC(=O)N(C)CC(=O)N1CCNCC1.Cl. The maximum Gasteiger partial charge on any atom is 0.242 e. The van der Waals surface area contributed by atoms with Crippen molar-refractivity contribution in [1.82, 2.24) is 15.1 Å². The fraction of sp³-hybridized carbons (Fsp3) is 0.818. The molecule has 6 heteroatoms. The van der Waals surface area contributed by atoms with Crippen LogP contribution in [0.1, 0.15) is 19.8 Å². The quantitative estimate of drug-likeness (QED) is 0.783. The van der Waals surface area contributed by atoms with Gasteiger partial charge in [0.25, 0.3) is 0 Å². The number of carbonyl (C=O) groups excluding carboxylic acids is 2. The monoisotopic (exact) mass is 263 g/mol. The molecule has 2 amide bonds. The van der Waals surface area contributed by atoms with E-state index in [0.717, 1.165) is 32.6 Å². The Labute approximate surface area is 109 Å². The van der Waals surface area contributed by atoms with Gasteiger partial charge in [0.1, 0.15) is 0 Å². The summed E-state index contributed by atoms with van der Waals surface area (Å²) < 4.78 is 0. The highest BCUT2D eigenvalue weighted by molar-refractivity contribution is 5.85. The lowest BCUT2D eigenvalue weighted by atomic mass is 10.3. The number of amides is 2. The van der Waals surface area contributed by atoms with E-state index in [4.69, 9.17) is 0 Å². The van der Waals surface area contributed by atoms with Gasteiger partial charge in [0.05, 0.1) is 6.54 Å². The second kappa shape index (κ2) is 8.31. The molecular weight excluding hydrogens is 242 g/mol. The largest absolute Gasteiger partial charge is 0.339 e. The van der Waals surface area contributed by atoms with Gasteiger partial charge in [-0.3, -0.25) is 9.59 Å². The molecule has 1 aliphatic rings. The van der Waals surface area contributed by atoms with Gasteiger partial charge in [-0.1, -0.05) is 6.92 Å². The van der Waals surface area contributed by atoms with Gasteiger partial charge >= 0.3 is 0 Å². The van der Waals surface area contributed by atoms with Crippen molar-refractivity contribution in [3.8, 4) is 0 Å². The fourth-order valence-electron chi connectivity index (χ4n) is 1.71. The Morgan fingerprint density at radius 2 is 1.88 bits per heavy atom. The van der Waals surface area contributed by atoms with E-state index >= 15 is 0 Å². The maximum absolute atomic E-state index is 11.8. The van der Waals surface area contributed by atoms with Gasteiger partial charge in [-0.05, 0) is 6.42 Å². The Bertz CT molecular complexity index is 255. The van der Waals surface area contributed by atoms with Crippen LogP contribution in [0.4, 0.5) is 0 Å². The summed E-state index contributed by atoms with van der Waals surface area (Å²) in [5.41, 5.74) is 0. The summed E-state index contributed by atoms with van der Waals surface area (Å²) >= 11 is 0. The second-order valence-corrected chi connectivity index (χ2v) is 4.13. The maximum atomic E-state index is 11.8. The zero-order valence-electron chi connectivity index (χ0n) is 10.6. The molecule has 1 rings (SSSR count). The van der Waals surface area contributed by atoms with Crippen LogP contribution in [0.15, 0.2) is 0 Å².